The maximum atomic E-state index is 10.3. The van der Waals surface area contributed by atoms with Crippen LogP contribution in [0.15, 0.2) is 0 Å². The lowest BCUT2D eigenvalue weighted by Crippen LogP contribution is -2.22. The molecule has 0 heterocycles. The van der Waals surface area contributed by atoms with E-state index in [1.165, 1.54) is 19.3 Å². The van der Waals surface area contributed by atoms with Gasteiger partial charge in [0.2, 0.25) is 0 Å². The number of nitrogens with two attached hydrogens (primary N) is 1. The third-order valence-corrected chi connectivity index (χ3v) is 2.42. The third kappa shape index (κ3) is 1.56. The van der Waals surface area contributed by atoms with E-state index < -0.39 is 11.0 Å². The zero-order valence-electron chi connectivity index (χ0n) is 4.80. The average molecular weight is 133 g/mol. The van der Waals surface area contributed by atoms with Crippen molar-refractivity contribution in [2.75, 3.05) is 5.75 Å². The van der Waals surface area contributed by atoms with Gasteiger partial charge in [-0.2, -0.15) is 0 Å². The Morgan fingerprint density at radius 3 is 2.38 bits per heavy atom. The van der Waals surface area contributed by atoms with Crippen LogP contribution in [0.1, 0.15) is 19.3 Å². The molecule has 0 aromatic carbocycles. The lowest BCUT2D eigenvalue weighted by molar-refractivity contribution is 0.350. The Morgan fingerprint density at radius 1 is 1.62 bits per heavy atom. The van der Waals surface area contributed by atoms with Crippen molar-refractivity contribution in [1.82, 2.24) is 0 Å². The van der Waals surface area contributed by atoms with Gasteiger partial charge in [-0.1, -0.05) is 6.42 Å². The summed E-state index contributed by atoms with van der Waals surface area (Å²) in [6.07, 6.45) is 3.79. The lowest BCUT2D eigenvalue weighted by atomic mass is 9.87. The van der Waals surface area contributed by atoms with Gasteiger partial charge in [0.05, 0.1) is 11.0 Å². The molecule has 0 aliphatic heterocycles. The summed E-state index contributed by atoms with van der Waals surface area (Å²) >= 11 is 0. The monoisotopic (exact) mass is 133 g/mol. The number of rotatable bonds is 2. The van der Waals surface area contributed by atoms with Gasteiger partial charge in [-0.15, -0.1) is 0 Å². The Hall–Kier alpha value is 0.110. The van der Waals surface area contributed by atoms with Gasteiger partial charge >= 0.3 is 0 Å². The predicted octanol–water partition coefficient (Wildman–Crippen LogP) is 0.409. The molecule has 0 unspecified atom stereocenters. The van der Waals surface area contributed by atoms with Crippen LogP contribution in [0.4, 0.5) is 0 Å². The lowest BCUT2D eigenvalue weighted by Gasteiger charge is -2.23. The van der Waals surface area contributed by atoms with E-state index in [0.717, 1.165) is 5.75 Å². The van der Waals surface area contributed by atoms with Crippen molar-refractivity contribution in [3.8, 4) is 0 Å². The molecule has 2 nitrogen and oxygen atoms in total. The topological polar surface area (TPSA) is 43.1 Å². The second kappa shape index (κ2) is 2.60. The average Bonchev–Trinajstić information content (AvgIpc) is 1.55. The molecule has 0 spiro atoms. The smallest absolute Gasteiger partial charge is 0.0890 e. The number of hydrogen-bond acceptors (Lipinski definition) is 1. The molecular formula is C5H11NOS. The molecule has 2 N–H and O–H groups in total. The summed E-state index contributed by atoms with van der Waals surface area (Å²) in [4.78, 5) is 0. The highest BCUT2D eigenvalue weighted by molar-refractivity contribution is 7.82. The van der Waals surface area contributed by atoms with E-state index in [0.29, 0.717) is 5.92 Å². The zero-order valence-corrected chi connectivity index (χ0v) is 5.62. The second-order valence-electron chi connectivity index (χ2n) is 2.34. The van der Waals surface area contributed by atoms with Crippen LogP contribution in [-0.4, -0.2) is 9.96 Å². The molecule has 1 atom stereocenters. The SMILES string of the molecule is N[S@](=O)CC1CCC1. The molecule has 0 amide bonds. The van der Waals surface area contributed by atoms with Gasteiger partial charge in [0, 0.05) is 5.75 Å². The largest absolute Gasteiger partial charge is 0.252 e. The molecule has 8 heavy (non-hydrogen) atoms. The molecule has 3 heteroatoms. The van der Waals surface area contributed by atoms with Crippen LogP contribution in [0.3, 0.4) is 0 Å². The summed E-state index contributed by atoms with van der Waals surface area (Å²) in [5.74, 6) is 1.40. The summed E-state index contributed by atoms with van der Waals surface area (Å²) in [5.41, 5.74) is 0. The van der Waals surface area contributed by atoms with Crippen molar-refractivity contribution >= 4 is 11.0 Å². The van der Waals surface area contributed by atoms with Crippen LogP contribution < -0.4 is 5.14 Å². The minimum atomic E-state index is -1.04. The Morgan fingerprint density at radius 2 is 2.25 bits per heavy atom. The Labute approximate surface area is 52.0 Å². The predicted molar refractivity (Wildman–Crippen MR) is 34.5 cm³/mol. The quantitative estimate of drug-likeness (QED) is 0.582. The van der Waals surface area contributed by atoms with Gasteiger partial charge in [-0.25, -0.2) is 4.21 Å². The molecule has 0 saturated heterocycles. The molecule has 48 valence electrons. The van der Waals surface area contributed by atoms with Crippen molar-refractivity contribution in [3.05, 3.63) is 0 Å². The second-order valence-corrected chi connectivity index (χ2v) is 3.44. The molecular weight excluding hydrogens is 122 g/mol. The summed E-state index contributed by atoms with van der Waals surface area (Å²) in [6, 6.07) is 0. The van der Waals surface area contributed by atoms with E-state index in [9.17, 15) is 4.21 Å². The minimum Gasteiger partial charge on any atom is -0.252 e. The summed E-state index contributed by atoms with van der Waals surface area (Å²) in [5, 5.41) is 5.08. The molecule has 1 rings (SSSR count). The fourth-order valence-electron chi connectivity index (χ4n) is 0.892. The Bertz CT molecular complexity index is 101. The third-order valence-electron chi connectivity index (χ3n) is 1.62. The van der Waals surface area contributed by atoms with E-state index >= 15 is 0 Å². The molecule has 1 saturated carbocycles. The van der Waals surface area contributed by atoms with Crippen LogP contribution in [0, 0.1) is 5.92 Å². The summed E-state index contributed by atoms with van der Waals surface area (Å²) < 4.78 is 10.3. The fourth-order valence-corrected chi connectivity index (χ4v) is 1.69. The van der Waals surface area contributed by atoms with E-state index in [2.05, 4.69) is 0 Å². The van der Waals surface area contributed by atoms with Gasteiger partial charge in [0.25, 0.3) is 0 Å². The van der Waals surface area contributed by atoms with Crippen LogP contribution in [0.25, 0.3) is 0 Å². The first-order chi connectivity index (χ1) is 3.79. The molecule has 1 fully saturated rings. The first-order valence-electron chi connectivity index (χ1n) is 2.92. The molecule has 0 aromatic rings. The van der Waals surface area contributed by atoms with Crippen molar-refractivity contribution in [3.63, 3.8) is 0 Å². The maximum absolute atomic E-state index is 10.3. The van der Waals surface area contributed by atoms with Gasteiger partial charge < -0.3 is 0 Å². The van der Waals surface area contributed by atoms with E-state index in [1.54, 1.807) is 0 Å². The van der Waals surface area contributed by atoms with E-state index in [4.69, 9.17) is 5.14 Å². The molecule has 0 radical (unpaired) electrons. The van der Waals surface area contributed by atoms with Gasteiger partial charge in [0.15, 0.2) is 0 Å². The summed E-state index contributed by atoms with van der Waals surface area (Å²) in [6.45, 7) is 0. The van der Waals surface area contributed by atoms with E-state index in [-0.39, 0.29) is 0 Å². The van der Waals surface area contributed by atoms with Crippen molar-refractivity contribution < 1.29 is 4.21 Å². The highest BCUT2D eigenvalue weighted by Gasteiger charge is 2.18. The van der Waals surface area contributed by atoms with Crippen LogP contribution in [-0.2, 0) is 11.0 Å². The van der Waals surface area contributed by atoms with Crippen LogP contribution >= 0.6 is 0 Å². The van der Waals surface area contributed by atoms with Crippen LogP contribution in [0.5, 0.6) is 0 Å². The van der Waals surface area contributed by atoms with E-state index in [1.807, 2.05) is 0 Å². The van der Waals surface area contributed by atoms with Crippen LogP contribution in [0.2, 0.25) is 0 Å². The van der Waals surface area contributed by atoms with Crippen molar-refractivity contribution in [2.24, 2.45) is 11.1 Å². The Kier molecular flexibility index (Phi) is 2.02. The number of hydrogen-bond donors (Lipinski definition) is 1. The molecule has 1 aliphatic rings. The first kappa shape index (κ1) is 6.23. The molecule has 0 bridgehead atoms. The molecule has 1 aliphatic carbocycles. The maximum Gasteiger partial charge on any atom is 0.0890 e. The summed E-state index contributed by atoms with van der Waals surface area (Å²) in [7, 11) is -1.04. The zero-order chi connectivity index (χ0) is 5.98. The minimum absolute atomic E-state index is 0.681. The van der Waals surface area contributed by atoms with Crippen molar-refractivity contribution in [1.29, 1.82) is 0 Å². The van der Waals surface area contributed by atoms with Crippen molar-refractivity contribution in [2.45, 2.75) is 19.3 Å². The fraction of sp³-hybridized carbons (Fsp3) is 1.00. The standard InChI is InChI=1S/C5H11NOS/c6-8(7)4-5-2-1-3-5/h5H,1-4,6H2/t8-/m1/s1. The van der Waals surface area contributed by atoms with Gasteiger partial charge in [0.1, 0.15) is 0 Å². The Balaban J connectivity index is 2.09. The normalized spacial score (nSPS) is 24.6. The van der Waals surface area contributed by atoms with Gasteiger partial charge in [-0.05, 0) is 18.8 Å². The highest BCUT2D eigenvalue weighted by atomic mass is 32.2. The van der Waals surface area contributed by atoms with Gasteiger partial charge in [-0.3, -0.25) is 5.14 Å². The first-order valence-corrected chi connectivity index (χ1v) is 4.30. The highest BCUT2D eigenvalue weighted by Crippen LogP contribution is 2.26. The molecule has 0 aromatic heterocycles.